The molecule has 0 spiro atoms. The van der Waals surface area contributed by atoms with E-state index in [9.17, 15) is 22.4 Å². The van der Waals surface area contributed by atoms with Gasteiger partial charge in [0.15, 0.2) is 6.29 Å². The van der Waals surface area contributed by atoms with E-state index in [-0.39, 0.29) is 12.4 Å². The number of rotatable bonds is 2. The number of aldehydes is 1. The van der Waals surface area contributed by atoms with E-state index in [0.717, 1.165) is 0 Å². The van der Waals surface area contributed by atoms with Crippen LogP contribution in [0.3, 0.4) is 0 Å². The van der Waals surface area contributed by atoms with Crippen LogP contribution in [0.5, 0.6) is 0 Å². The summed E-state index contributed by atoms with van der Waals surface area (Å²) in [6, 6.07) is 0.508. The van der Waals surface area contributed by atoms with E-state index in [1.165, 1.54) is 0 Å². The molecule has 0 saturated carbocycles. The first-order chi connectivity index (χ1) is 7.27. The van der Waals surface area contributed by atoms with Crippen molar-refractivity contribution in [3.63, 3.8) is 0 Å². The summed E-state index contributed by atoms with van der Waals surface area (Å²) in [7, 11) is -2.43. The molecule has 0 saturated heterocycles. The third kappa shape index (κ3) is 2.39. The highest BCUT2D eigenvalue weighted by Gasteiger charge is 2.37. The van der Waals surface area contributed by atoms with Crippen LogP contribution in [-0.4, -0.2) is 23.5 Å². The number of hydrogen-bond donors (Lipinski definition) is 2. The summed E-state index contributed by atoms with van der Waals surface area (Å²) in [6.45, 7) is 0. The van der Waals surface area contributed by atoms with Crippen LogP contribution in [0.1, 0.15) is 15.9 Å². The van der Waals surface area contributed by atoms with Crippen LogP contribution in [0.25, 0.3) is 0 Å². The molecule has 8 heteroatoms. The second-order valence-electron chi connectivity index (χ2n) is 2.95. The number of hydrogen-bond acceptors (Lipinski definition) is 3. The van der Waals surface area contributed by atoms with Crippen LogP contribution in [0.15, 0.2) is 12.1 Å². The van der Waals surface area contributed by atoms with E-state index in [1.54, 1.807) is 0 Å². The van der Waals surface area contributed by atoms with Gasteiger partial charge in [-0.25, -0.2) is 4.39 Å². The molecule has 0 aliphatic carbocycles. The lowest BCUT2D eigenvalue weighted by atomic mass is 9.76. The minimum atomic E-state index is -4.93. The first-order valence-corrected chi connectivity index (χ1v) is 3.99. The predicted molar refractivity (Wildman–Crippen MR) is 46.6 cm³/mol. The zero-order valence-electron chi connectivity index (χ0n) is 7.62. The SMILES string of the molecule is O=Cc1cc(B(O)O)c(C(F)(F)F)cc1F. The number of carbonyl (C=O) groups is 1. The molecule has 0 fully saturated rings. The fourth-order valence-corrected chi connectivity index (χ4v) is 1.16. The predicted octanol–water partition coefficient (Wildman–Crippen LogP) is 0.337. The van der Waals surface area contributed by atoms with Crippen LogP contribution in [0, 0.1) is 5.82 Å². The van der Waals surface area contributed by atoms with E-state index in [1.807, 2.05) is 0 Å². The average molecular weight is 236 g/mol. The van der Waals surface area contributed by atoms with Gasteiger partial charge >= 0.3 is 13.3 Å². The topological polar surface area (TPSA) is 57.5 Å². The molecule has 0 heterocycles. The van der Waals surface area contributed by atoms with Crippen molar-refractivity contribution in [2.24, 2.45) is 0 Å². The van der Waals surface area contributed by atoms with Crippen molar-refractivity contribution >= 4 is 18.9 Å². The third-order valence-corrected chi connectivity index (χ3v) is 1.88. The number of carbonyl (C=O) groups excluding carboxylic acids is 1. The van der Waals surface area contributed by atoms with Gasteiger partial charge in [0.05, 0.1) is 5.56 Å². The molecule has 0 amide bonds. The lowest BCUT2D eigenvalue weighted by Crippen LogP contribution is -2.36. The summed E-state index contributed by atoms with van der Waals surface area (Å²) in [4.78, 5) is 10.3. The molecule has 16 heavy (non-hydrogen) atoms. The van der Waals surface area contributed by atoms with Crippen molar-refractivity contribution in [2.45, 2.75) is 6.18 Å². The van der Waals surface area contributed by atoms with Crippen molar-refractivity contribution < 1.29 is 32.4 Å². The van der Waals surface area contributed by atoms with E-state index >= 15 is 0 Å². The zero-order valence-corrected chi connectivity index (χ0v) is 7.62. The van der Waals surface area contributed by atoms with Crippen molar-refractivity contribution in [1.82, 2.24) is 0 Å². The van der Waals surface area contributed by atoms with Gasteiger partial charge in [-0.05, 0) is 17.6 Å². The molecule has 1 rings (SSSR count). The average Bonchev–Trinajstić information content (AvgIpc) is 2.15. The van der Waals surface area contributed by atoms with E-state index < -0.39 is 35.7 Å². The van der Waals surface area contributed by atoms with Gasteiger partial charge in [0.1, 0.15) is 5.82 Å². The van der Waals surface area contributed by atoms with Gasteiger partial charge in [-0.1, -0.05) is 0 Å². The quantitative estimate of drug-likeness (QED) is 0.442. The molecule has 0 unspecified atom stereocenters. The van der Waals surface area contributed by atoms with Crippen molar-refractivity contribution in [3.8, 4) is 0 Å². The van der Waals surface area contributed by atoms with Crippen LogP contribution in [0.4, 0.5) is 17.6 Å². The Bertz CT molecular complexity index is 416. The molecule has 1 aromatic carbocycles. The van der Waals surface area contributed by atoms with Crippen molar-refractivity contribution in [3.05, 3.63) is 29.1 Å². The van der Waals surface area contributed by atoms with Gasteiger partial charge in [0.2, 0.25) is 0 Å². The van der Waals surface area contributed by atoms with Crippen LogP contribution >= 0.6 is 0 Å². The van der Waals surface area contributed by atoms with Gasteiger partial charge in [-0.15, -0.1) is 0 Å². The van der Waals surface area contributed by atoms with Gasteiger partial charge in [0.25, 0.3) is 0 Å². The molecule has 1 aromatic rings. The summed E-state index contributed by atoms with van der Waals surface area (Å²) < 4.78 is 50.0. The summed E-state index contributed by atoms with van der Waals surface area (Å²) in [5, 5.41) is 17.4. The van der Waals surface area contributed by atoms with Crippen LogP contribution < -0.4 is 5.46 Å². The lowest BCUT2D eigenvalue weighted by Gasteiger charge is -2.13. The Kier molecular flexibility index (Phi) is 3.34. The molecular weight excluding hydrogens is 231 g/mol. The molecule has 0 atom stereocenters. The zero-order chi connectivity index (χ0) is 12.5. The highest BCUT2D eigenvalue weighted by molar-refractivity contribution is 6.59. The molecule has 2 N–H and O–H groups in total. The number of halogens is 4. The summed E-state index contributed by atoms with van der Waals surface area (Å²) >= 11 is 0. The molecule has 0 radical (unpaired) electrons. The smallest absolute Gasteiger partial charge is 0.423 e. The van der Waals surface area contributed by atoms with Crippen LogP contribution in [-0.2, 0) is 6.18 Å². The molecule has 0 bridgehead atoms. The molecule has 0 aromatic heterocycles. The number of alkyl halides is 3. The summed E-state index contributed by atoms with van der Waals surface area (Å²) in [6.07, 6.45) is -4.94. The Balaban J connectivity index is 3.48. The Morgan fingerprint density at radius 3 is 2.19 bits per heavy atom. The van der Waals surface area contributed by atoms with E-state index in [2.05, 4.69) is 0 Å². The monoisotopic (exact) mass is 236 g/mol. The fraction of sp³-hybridized carbons (Fsp3) is 0.125. The molecule has 86 valence electrons. The lowest BCUT2D eigenvalue weighted by molar-refractivity contribution is -0.137. The summed E-state index contributed by atoms with van der Waals surface area (Å²) in [5.74, 6) is -1.37. The molecule has 0 aliphatic rings. The maximum Gasteiger partial charge on any atom is 0.489 e. The Morgan fingerprint density at radius 1 is 1.25 bits per heavy atom. The maximum atomic E-state index is 12.9. The highest BCUT2D eigenvalue weighted by Crippen LogP contribution is 2.29. The fourth-order valence-electron chi connectivity index (χ4n) is 1.16. The minimum absolute atomic E-state index is 0.0125. The van der Waals surface area contributed by atoms with Gasteiger partial charge in [-0.3, -0.25) is 4.79 Å². The largest absolute Gasteiger partial charge is 0.489 e. The minimum Gasteiger partial charge on any atom is -0.423 e. The highest BCUT2D eigenvalue weighted by atomic mass is 19.4. The first kappa shape index (κ1) is 12.7. The standard InChI is InChI=1S/C8H5BF4O3/c10-7-2-5(8(11,12)13)6(9(15)16)1-4(7)3-14/h1-3,15-16H. The maximum absolute atomic E-state index is 12.9. The van der Waals surface area contributed by atoms with Crippen LogP contribution in [0.2, 0.25) is 0 Å². The third-order valence-electron chi connectivity index (χ3n) is 1.88. The van der Waals surface area contributed by atoms with Gasteiger partial charge < -0.3 is 10.0 Å². The second-order valence-corrected chi connectivity index (χ2v) is 2.95. The second kappa shape index (κ2) is 4.22. The molecule has 3 nitrogen and oxygen atoms in total. The van der Waals surface area contributed by atoms with Gasteiger partial charge in [-0.2, -0.15) is 13.2 Å². The molecular formula is C8H5BF4O3. The Morgan fingerprint density at radius 2 is 1.81 bits per heavy atom. The molecule has 0 aliphatic heterocycles. The van der Waals surface area contributed by atoms with Crippen molar-refractivity contribution in [1.29, 1.82) is 0 Å². The first-order valence-electron chi connectivity index (χ1n) is 3.99. The Labute approximate surface area is 87.5 Å². The van der Waals surface area contributed by atoms with Gasteiger partial charge in [0, 0.05) is 5.56 Å². The van der Waals surface area contributed by atoms with E-state index in [4.69, 9.17) is 10.0 Å². The summed E-state index contributed by atoms with van der Waals surface area (Å²) in [5.41, 5.74) is -3.15. The Hall–Kier alpha value is -1.41. The van der Waals surface area contributed by atoms with Crippen molar-refractivity contribution in [2.75, 3.05) is 0 Å². The normalized spacial score (nSPS) is 11.4. The van der Waals surface area contributed by atoms with E-state index in [0.29, 0.717) is 6.07 Å². The number of benzene rings is 1.